The van der Waals surface area contributed by atoms with Gasteiger partial charge in [0.1, 0.15) is 6.04 Å². The highest BCUT2D eigenvalue weighted by Crippen LogP contribution is 2.77. The first-order valence-corrected chi connectivity index (χ1v) is 21.0. The van der Waals surface area contributed by atoms with Gasteiger partial charge in [0.05, 0.1) is 11.5 Å². The van der Waals surface area contributed by atoms with Crippen molar-refractivity contribution in [2.24, 2.45) is 62.6 Å². The second-order valence-electron chi connectivity index (χ2n) is 20.1. The highest BCUT2D eigenvalue weighted by Gasteiger charge is 2.71. The highest BCUT2D eigenvalue weighted by molar-refractivity contribution is 5.84. The minimum atomic E-state index is -0.969. The van der Waals surface area contributed by atoms with Crippen molar-refractivity contribution in [1.82, 2.24) is 10.6 Å². The number of aliphatic hydroxyl groups is 1. The summed E-state index contributed by atoms with van der Waals surface area (Å²) in [6.45, 7) is 23.9. The van der Waals surface area contributed by atoms with Crippen LogP contribution in [0.15, 0.2) is 12.2 Å². The number of fused-ring (bicyclic) bond motifs is 7. The maximum absolute atomic E-state index is 14.4. The van der Waals surface area contributed by atoms with E-state index in [1.54, 1.807) is 0 Å². The van der Waals surface area contributed by atoms with Crippen molar-refractivity contribution in [3.05, 3.63) is 12.2 Å². The van der Waals surface area contributed by atoms with Crippen LogP contribution < -0.4 is 10.6 Å². The molecule has 290 valence electrons. The zero-order valence-corrected chi connectivity index (χ0v) is 33.7. The van der Waals surface area contributed by atoms with E-state index in [9.17, 15) is 24.6 Å². The SMILES string of the molecule is C=C(C)[C@@H]1CC[C@]2(C(=O)NCCCCCCCC(=O)NC(CC(C)C)C(=O)O)CC[C@]3(C)[C@H](CCC4[C@@]5(C)CC[C@H](O)C(C)(C)[C@@H]5CC[C@]43C)[C@@H]12. The number of carbonyl (C=O) groups excluding carboxylic acids is 2. The molecule has 7 heteroatoms. The molecular weight excluding hydrogens is 636 g/mol. The molecule has 5 aliphatic rings. The molecule has 2 amide bonds. The standard InChI is InChI=1S/C44H74N2O5/c1-28(2)27-32(38(49)50)46-36(48)15-13-11-10-12-14-26-45-39(51)44-23-18-30(29(3)4)37(44)31-16-17-34-41(7)21-20-35(47)40(5,6)33(41)19-22-43(34,9)42(31,8)24-25-44/h28,30-35,37,47H,3,10-27H2,1-2,4-9H3,(H,45,51)(H,46,48)(H,49,50)/t30-,31+,32?,33-,34?,35-,37+,41-,42+,43+,44-/m0/s1. The molecule has 51 heavy (non-hydrogen) atoms. The van der Waals surface area contributed by atoms with Crippen LogP contribution in [0.4, 0.5) is 0 Å². The van der Waals surface area contributed by atoms with Gasteiger partial charge in [-0.2, -0.15) is 0 Å². The fraction of sp³-hybridized carbons (Fsp3) is 0.886. The number of aliphatic carboxylic acids is 1. The summed E-state index contributed by atoms with van der Waals surface area (Å²) >= 11 is 0. The van der Waals surface area contributed by atoms with Crippen molar-refractivity contribution >= 4 is 17.8 Å². The zero-order chi connectivity index (χ0) is 37.6. The van der Waals surface area contributed by atoms with E-state index in [0.717, 1.165) is 70.6 Å². The first kappa shape index (κ1) is 40.3. The van der Waals surface area contributed by atoms with Gasteiger partial charge in [-0.1, -0.05) is 79.9 Å². The maximum Gasteiger partial charge on any atom is 0.326 e. The molecule has 0 spiro atoms. The van der Waals surface area contributed by atoms with Gasteiger partial charge in [0.25, 0.3) is 0 Å². The average molecular weight is 711 g/mol. The molecule has 0 aromatic rings. The minimum absolute atomic E-state index is 0.0423. The molecule has 2 unspecified atom stereocenters. The van der Waals surface area contributed by atoms with Crippen molar-refractivity contribution in [1.29, 1.82) is 0 Å². The highest BCUT2D eigenvalue weighted by atomic mass is 16.4. The Morgan fingerprint density at radius 3 is 2.16 bits per heavy atom. The van der Waals surface area contributed by atoms with Gasteiger partial charge in [-0.25, -0.2) is 4.79 Å². The summed E-state index contributed by atoms with van der Waals surface area (Å²) in [5.74, 6) is 1.84. The lowest BCUT2D eigenvalue weighted by atomic mass is 9.32. The zero-order valence-electron chi connectivity index (χ0n) is 33.7. The second-order valence-corrected chi connectivity index (χ2v) is 20.1. The average Bonchev–Trinajstić information content (AvgIpc) is 3.45. The summed E-state index contributed by atoms with van der Waals surface area (Å²) in [5, 5.41) is 26.6. The van der Waals surface area contributed by atoms with Crippen LogP contribution >= 0.6 is 0 Å². The van der Waals surface area contributed by atoms with Gasteiger partial charge < -0.3 is 20.8 Å². The van der Waals surface area contributed by atoms with Gasteiger partial charge in [-0.15, -0.1) is 0 Å². The Morgan fingerprint density at radius 1 is 0.804 bits per heavy atom. The number of hydrogen-bond donors (Lipinski definition) is 4. The Balaban J connectivity index is 1.18. The van der Waals surface area contributed by atoms with Crippen molar-refractivity contribution < 1.29 is 24.6 Å². The molecule has 4 N–H and O–H groups in total. The lowest BCUT2D eigenvalue weighted by Gasteiger charge is -2.72. The number of hydrogen-bond acceptors (Lipinski definition) is 4. The monoisotopic (exact) mass is 711 g/mol. The number of amides is 2. The Bertz CT molecular complexity index is 1310. The van der Waals surface area contributed by atoms with Crippen LogP contribution in [0, 0.1) is 62.6 Å². The Kier molecular flexibility index (Phi) is 11.9. The van der Waals surface area contributed by atoms with Gasteiger partial charge in [0.2, 0.25) is 11.8 Å². The molecule has 5 aliphatic carbocycles. The maximum atomic E-state index is 14.4. The van der Waals surface area contributed by atoms with Gasteiger partial charge >= 0.3 is 5.97 Å². The van der Waals surface area contributed by atoms with Crippen molar-refractivity contribution in [3.63, 3.8) is 0 Å². The molecule has 0 bridgehead atoms. The van der Waals surface area contributed by atoms with E-state index in [0.29, 0.717) is 49.0 Å². The molecule has 0 aliphatic heterocycles. The molecule has 7 nitrogen and oxygen atoms in total. The molecule has 5 saturated carbocycles. The summed E-state index contributed by atoms with van der Waals surface area (Å²) in [6, 6.07) is -0.815. The van der Waals surface area contributed by atoms with E-state index in [1.165, 1.54) is 31.3 Å². The molecule has 0 radical (unpaired) electrons. The van der Waals surface area contributed by atoms with Crippen molar-refractivity contribution in [2.75, 3.05) is 6.54 Å². The molecule has 11 atom stereocenters. The Labute approximate surface area is 310 Å². The molecule has 0 heterocycles. The molecule has 0 saturated heterocycles. The van der Waals surface area contributed by atoms with E-state index < -0.39 is 12.0 Å². The number of unbranched alkanes of at least 4 members (excludes halogenated alkanes) is 4. The summed E-state index contributed by atoms with van der Waals surface area (Å²) in [6.07, 6.45) is 16.3. The van der Waals surface area contributed by atoms with Crippen LogP contribution in [0.3, 0.4) is 0 Å². The number of carboxylic acids is 1. The predicted octanol–water partition coefficient (Wildman–Crippen LogP) is 9.08. The first-order chi connectivity index (χ1) is 23.8. The van der Waals surface area contributed by atoms with Crippen LogP contribution in [0.2, 0.25) is 0 Å². The van der Waals surface area contributed by atoms with Crippen LogP contribution in [0.25, 0.3) is 0 Å². The summed E-state index contributed by atoms with van der Waals surface area (Å²) < 4.78 is 0. The van der Waals surface area contributed by atoms with Gasteiger partial charge in [-0.3, -0.25) is 9.59 Å². The number of rotatable bonds is 14. The summed E-state index contributed by atoms with van der Waals surface area (Å²) in [7, 11) is 0. The summed E-state index contributed by atoms with van der Waals surface area (Å²) in [5.41, 5.74) is 1.60. The Hall–Kier alpha value is -1.89. The first-order valence-electron chi connectivity index (χ1n) is 21.0. The van der Waals surface area contributed by atoms with Crippen LogP contribution in [-0.2, 0) is 14.4 Å². The molecular formula is C44H74N2O5. The summed E-state index contributed by atoms with van der Waals surface area (Å²) in [4.78, 5) is 38.2. The molecule has 5 fully saturated rings. The van der Waals surface area contributed by atoms with Crippen LogP contribution in [-0.4, -0.2) is 46.7 Å². The van der Waals surface area contributed by atoms with Crippen molar-refractivity contribution in [3.8, 4) is 0 Å². The van der Waals surface area contributed by atoms with E-state index in [2.05, 4.69) is 58.8 Å². The van der Waals surface area contributed by atoms with E-state index in [4.69, 9.17) is 0 Å². The third-order valence-corrected chi connectivity index (χ3v) is 16.7. The topological polar surface area (TPSA) is 116 Å². The number of nitrogens with one attached hydrogen (secondary N) is 2. The normalized spacial score (nSPS) is 40.3. The Morgan fingerprint density at radius 2 is 1.49 bits per heavy atom. The quantitative estimate of drug-likeness (QED) is 0.106. The fourth-order valence-electron chi connectivity index (χ4n) is 13.8. The third kappa shape index (κ3) is 7.09. The van der Waals surface area contributed by atoms with Gasteiger partial charge in [0.15, 0.2) is 0 Å². The lowest BCUT2D eigenvalue weighted by molar-refractivity contribution is -0.246. The van der Waals surface area contributed by atoms with Crippen molar-refractivity contribution in [2.45, 2.75) is 177 Å². The molecule has 5 rings (SSSR count). The second kappa shape index (κ2) is 15.1. The minimum Gasteiger partial charge on any atom is -0.480 e. The predicted molar refractivity (Wildman–Crippen MR) is 205 cm³/mol. The molecule has 0 aromatic heterocycles. The molecule has 0 aromatic carbocycles. The largest absolute Gasteiger partial charge is 0.480 e. The van der Waals surface area contributed by atoms with E-state index in [1.807, 2.05) is 13.8 Å². The fourth-order valence-corrected chi connectivity index (χ4v) is 13.8. The lowest BCUT2D eigenvalue weighted by Crippen LogP contribution is -2.67. The van der Waals surface area contributed by atoms with E-state index in [-0.39, 0.29) is 50.9 Å². The third-order valence-electron chi connectivity index (χ3n) is 16.7. The van der Waals surface area contributed by atoms with Gasteiger partial charge in [-0.05, 0) is 148 Å². The van der Waals surface area contributed by atoms with E-state index >= 15 is 0 Å². The van der Waals surface area contributed by atoms with Crippen LogP contribution in [0.1, 0.15) is 165 Å². The number of allylic oxidation sites excluding steroid dienone is 1. The number of carboxylic acid groups (broad SMARTS) is 1. The van der Waals surface area contributed by atoms with Crippen LogP contribution in [0.5, 0.6) is 0 Å². The number of aliphatic hydroxyl groups excluding tert-OH is 1. The van der Waals surface area contributed by atoms with Gasteiger partial charge in [0, 0.05) is 13.0 Å². The smallest absolute Gasteiger partial charge is 0.326 e. The number of carbonyl (C=O) groups is 3.